The lowest BCUT2D eigenvalue weighted by molar-refractivity contribution is 0.391. The lowest BCUT2D eigenvalue weighted by atomic mass is 10.3. The highest BCUT2D eigenvalue weighted by Crippen LogP contribution is 2.30. The van der Waals surface area contributed by atoms with Crippen LogP contribution < -0.4 is 11.1 Å². The van der Waals surface area contributed by atoms with Gasteiger partial charge >= 0.3 is 0 Å². The zero-order valence-electron chi connectivity index (χ0n) is 14.9. The number of nitrogens with two attached hydrogens (primary N) is 1. The van der Waals surface area contributed by atoms with Gasteiger partial charge in [0.1, 0.15) is 5.82 Å². The molecule has 142 valence electrons. The molecule has 0 aliphatic heterocycles. The first-order chi connectivity index (χ1) is 13.7. The predicted octanol–water partition coefficient (Wildman–Crippen LogP) is 4.30. The number of nitrogens with zero attached hydrogens (tertiary/aromatic N) is 5. The Morgan fingerprint density at radius 3 is 2.75 bits per heavy atom. The van der Waals surface area contributed by atoms with E-state index in [1.54, 1.807) is 23.1 Å². The van der Waals surface area contributed by atoms with E-state index < -0.39 is 0 Å². The molecule has 0 spiro atoms. The smallest absolute Gasteiger partial charge is 0.237 e. The standard InChI is InChI=1S/C18H17N7OS2/c1-11(28-10-14-21-16(25-26-14)13-8-5-9-27-13)15-22-17(19)24-18(23-15)20-12-6-3-2-4-7-12/h2-9,11H,10H2,1H3,(H3,19,20,22,23,24)/t11-/m0/s1. The highest BCUT2D eigenvalue weighted by Gasteiger charge is 2.16. The molecule has 4 rings (SSSR count). The number of nitrogen functional groups attached to an aromatic ring is 1. The second-order valence-corrected chi connectivity index (χ2v) is 8.09. The fourth-order valence-electron chi connectivity index (χ4n) is 2.39. The van der Waals surface area contributed by atoms with Crippen LogP contribution in [0.2, 0.25) is 0 Å². The largest absolute Gasteiger partial charge is 0.368 e. The van der Waals surface area contributed by atoms with Crippen molar-refractivity contribution in [2.45, 2.75) is 17.9 Å². The number of thiophene rings is 1. The second-order valence-electron chi connectivity index (χ2n) is 5.81. The number of thioether (sulfide) groups is 1. The third-order valence-electron chi connectivity index (χ3n) is 3.73. The molecule has 3 heterocycles. The van der Waals surface area contributed by atoms with Gasteiger partial charge in [-0.2, -0.15) is 19.9 Å². The molecule has 8 nitrogen and oxygen atoms in total. The van der Waals surface area contributed by atoms with Gasteiger partial charge in [0.2, 0.25) is 23.6 Å². The summed E-state index contributed by atoms with van der Waals surface area (Å²) < 4.78 is 5.34. The van der Waals surface area contributed by atoms with Crippen LogP contribution in [0.3, 0.4) is 0 Å². The molecule has 0 amide bonds. The van der Waals surface area contributed by atoms with Gasteiger partial charge in [0.15, 0.2) is 0 Å². The first-order valence-corrected chi connectivity index (χ1v) is 10.4. The first kappa shape index (κ1) is 18.4. The van der Waals surface area contributed by atoms with Crippen molar-refractivity contribution in [2.75, 3.05) is 11.1 Å². The molecule has 28 heavy (non-hydrogen) atoms. The van der Waals surface area contributed by atoms with E-state index >= 15 is 0 Å². The van der Waals surface area contributed by atoms with Gasteiger partial charge in [-0.25, -0.2) is 0 Å². The van der Waals surface area contributed by atoms with Crippen LogP contribution in [-0.2, 0) is 5.75 Å². The van der Waals surface area contributed by atoms with Crippen LogP contribution in [-0.4, -0.2) is 25.1 Å². The minimum absolute atomic E-state index is 0.0290. The van der Waals surface area contributed by atoms with Gasteiger partial charge in [-0.05, 0) is 30.5 Å². The van der Waals surface area contributed by atoms with Crippen LogP contribution in [0.5, 0.6) is 0 Å². The second kappa shape index (κ2) is 8.36. The van der Waals surface area contributed by atoms with Crippen molar-refractivity contribution in [3.05, 3.63) is 59.6 Å². The molecular weight excluding hydrogens is 394 g/mol. The van der Waals surface area contributed by atoms with Crippen molar-refractivity contribution in [3.8, 4) is 10.7 Å². The van der Waals surface area contributed by atoms with Gasteiger partial charge < -0.3 is 15.6 Å². The Balaban J connectivity index is 1.42. The van der Waals surface area contributed by atoms with E-state index in [0.717, 1.165) is 10.6 Å². The summed E-state index contributed by atoms with van der Waals surface area (Å²) in [4.78, 5) is 18.3. The summed E-state index contributed by atoms with van der Waals surface area (Å²) in [6.45, 7) is 2.00. The van der Waals surface area contributed by atoms with Crippen LogP contribution in [0, 0.1) is 0 Å². The van der Waals surface area contributed by atoms with E-state index in [9.17, 15) is 0 Å². The van der Waals surface area contributed by atoms with Gasteiger partial charge in [-0.3, -0.25) is 0 Å². The van der Waals surface area contributed by atoms with Crippen LogP contribution in [0.4, 0.5) is 17.6 Å². The topological polar surface area (TPSA) is 116 Å². The first-order valence-electron chi connectivity index (χ1n) is 8.49. The van der Waals surface area contributed by atoms with E-state index in [0.29, 0.717) is 29.2 Å². The van der Waals surface area contributed by atoms with E-state index in [-0.39, 0.29) is 11.2 Å². The Hall–Kier alpha value is -2.98. The molecule has 0 radical (unpaired) electrons. The number of hydrogen-bond donors (Lipinski definition) is 2. The molecular formula is C18H17N7OS2. The summed E-state index contributed by atoms with van der Waals surface area (Å²) in [5.74, 6) is 2.90. The summed E-state index contributed by atoms with van der Waals surface area (Å²) in [6.07, 6.45) is 0. The number of hydrogen-bond acceptors (Lipinski definition) is 10. The zero-order valence-corrected chi connectivity index (χ0v) is 16.6. The minimum Gasteiger partial charge on any atom is -0.368 e. The third kappa shape index (κ3) is 4.46. The lowest BCUT2D eigenvalue weighted by Gasteiger charge is -2.11. The number of aromatic nitrogens is 5. The molecule has 0 fully saturated rings. The van der Waals surface area contributed by atoms with Gasteiger partial charge in [-0.15, -0.1) is 23.1 Å². The number of benzene rings is 1. The van der Waals surface area contributed by atoms with E-state index in [4.69, 9.17) is 10.3 Å². The normalized spacial score (nSPS) is 12.0. The molecule has 0 bridgehead atoms. The Kier molecular flexibility index (Phi) is 5.49. The van der Waals surface area contributed by atoms with Crippen molar-refractivity contribution < 1.29 is 4.52 Å². The molecule has 10 heteroatoms. The molecule has 0 unspecified atom stereocenters. The van der Waals surface area contributed by atoms with Crippen molar-refractivity contribution in [2.24, 2.45) is 0 Å². The number of para-hydroxylation sites is 1. The average molecular weight is 412 g/mol. The van der Waals surface area contributed by atoms with Gasteiger partial charge in [0.05, 0.1) is 15.9 Å². The van der Waals surface area contributed by atoms with E-state index in [1.807, 2.05) is 54.8 Å². The molecule has 0 saturated carbocycles. The molecule has 1 atom stereocenters. The van der Waals surface area contributed by atoms with Crippen molar-refractivity contribution in [1.82, 2.24) is 25.1 Å². The Labute approximate surface area is 169 Å². The van der Waals surface area contributed by atoms with Crippen molar-refractivity contribution in [3.63, 3.8) is 0 Å². The Morgan fingerprint density at radius 2 is 1.96 bits per heavy atom. The monoisotopic (exact) mass is 411 g/mol. The summed E-state index contributed by atoms with van der Waals surface area (Å²) >= 11 is 3.16. The zero-order chi connectivity index (χ0) is 19.3. The van der Waals surface area contributed by atoms with Crippen molar-refractivity contribution in [1.29, 1.82) is 0 Å². The molecule has 0 aliphatic carbocycles. The van der Waals surface area contributed by atoms with Crippen LogP contribution in [0.1, 0.15) is 23.9 Å². The third-order valence-corrected chi connectivity index (χ3v) is 5.72. The summed E-state index contributed by atoms with van der Waals surface area (Å²) in [6, 6.07) is 13.6. The Morgan fingerprint density at radius 1 is 1.11 bits per heavy atom. The molecule has 4 aromatic rings. The van der Waals surface area contributed by atoms with Gasteiger partial charge in [0, 0.05) is 5.69 Å². The minimum atomic E-state index is -0.0290. The lowest BCUT2D eigenvalue weighted by Crippen LogP contribution is -2.08. The maximum atomic E-state index is 5.86. The Bertz CT molecular complexity index is 1040. The highest BCUT2D eigenvalue weighted by atomic mass is 32.2. The molecule has 0 aliphatic rings. The molecule has 0 saturated heterocycles. The fraction of sp³-hybridized carbons (Fsp3) is 0.167. The van der Waals surface area contributed by atoms with E-state index in [2.05, 4.69) is 30.4 Å². The summed E-state index contributed by atoms with van der Waals surface area (Å²) in [5, 5.41) is 9.12. The highest BCUT2D eigenvalue weighted by molar-refractivity contribution is 7.98. The summed E-state index contributed by atoms with van der Waals surface area (Å²) in [7, 11) is 0. The molecule has 3 aromatic heterocycles. The van der Waals surface area contributed by atoms with Crippen LogP contribution >= 0.6 is 23.1 Å². The average Bonchev–Trinajstić information content (AvgIpc) is 3.38. The quantitative estimate of drug-likeness (QED) is 0.459. The maximum Gasteiger partial charge on any atom is 0.237 e. The van der Waals surface area contributed by atoms with Crippen molar-refractivity contribution >= 4 is 40.7 Å². The van der Waals surface area contributed by atoms with E-state index in [1.165, 1.54) is 0 Å². The maximum absolute atomic E-state index is 5.86. The number of anilines is 3. The number of rotatable bonds is 7. The van der Waals surface area contributed by atoms with Gasteiger partial charge in [-0.1, -0.05) is 29.4 Å². The molecule has 3 N–H and O–H groups in total. The SMILES string of the molecule is C[C@H](SCc1nc(-c2cccs2)no1)c1nc(N)nc(Nc2ccccc2)n1. The predicted molar refractivity (Wildman–Crippen MR) is 111 cm³/mol. The van der Waals surface area contributed by atoms with Gasteiger partial charge in [0.25, 0.3) is 0 Å². The summed E-state index contributed by atoms with van der Waals surface area (Å²) in [5.41, 5.74) is 6.75. The number of nitrogens with one attached hydrogen (secondary N) is 1. The fourth-order valence-corrected chi connectivity index (χ4v) is 3.80. The van der Waals surface area contributed by atoms with Crippen LogP contribution in [0.25, 0.3) is 10.7 Å². The van der Waals surface area contributed by atoms with Crippen LogP contribution in [0.15, 0.2) is 52.4 Å². The molecule has 1 aromatic carbocycles.